The molecule has 0 radical (unpaired) electrons. The number of aromatic nitrogens is 1. The number of rotatable bonds is 2. The van der Waals surface area contributed by atoms with Crippen LogP contribution in [0.25, 0.3) is 0 Å². The molecule has 7 heteroatoms. The largest absolute Gasteiger partial charge is 0.472 e. The molecule has 2 aliphatic rings. The van der Waals surface area contributed by atoms with E-state index in [2.05, 4.69) is 10.3 Å². The summed E-state index contributed by atoms with van der Waals surface area (Å²) in [5, 5.41) is 2.62. The molecule has 2 fully saturated rings. The lowest BCUT2D eigenvalue weighted by molar-refractivity contribution is 0.160. The Bertz CT molecular complexity index is 508. The molecule has 1 atom stereocenters. The molecule has 1 N–H and O–H groups in total. The average Bonchev–Trinajstić information content (AvgIpc) is 3.08. The molecule has 106 valence electrons. The van der Waals surface area contributed by atoms with Crippen LogP contribution in [0, 0.1) is 0 Å². The second kappa shape index (κ2) is 5.36. The van der Waals surface area contributed by atoms with Gasteiger partial charge in [-0.3, -0.25) is 0 Å². The van der Waals surface area contributed by atoms with Gasteiger partial charge in [0.05, 0.1) is 6.54 Å². The molecular formula is C13H16N4O3. The van der Waals surface area contributed by atoms with E-state index in [1.54, 1.807) is 17.2 Å². The maximum atomic E-state index is 12.2. The third-order valence-electron chi connectivity index (χ3n) is 3.43. The Morgan fingerprint density at radius 3 is 3.00 bits per heavy atom. The number of hydrogen-bond acceptors (Lipinski definition) is 4. The number of pyridine rings is 1. The van der Waals surface area contributed by atoms with E-state index in [0.717, 1.165) is 6.42 Å². The molecular weight excluding hydrogens is 260 g/mol. The SMILES string of the molecule is O=C1NCCN1C(=O)N1CCC(Oc2ccccn2)C1. The first-order valence-electron chi connectivity index (χ1n) is 6.66. The van der Waals surface area contributed by atoms with Gasteiger partial charge >= 0.3 is 12.1 Å². The lowest BCUT2D eigenvalue weighted by atomic mass is 10.3. The number of carbonyl (C=O) groups excluding carboxylic acids is 2. The van der Waals surface area contributed by atoms with Crippen molar-refractivity contribution < 1.29 is 14.3 Å². The lowest BCUT2D eigenvalue weighted by Crippen LogP contribution is -2.44. The molecule has 3 rings (SSSR count). The van der Waals surface area contributed by atoms with Gasteiger partial charge in [-0.25, -0.2) is 19.5 Å². The number of imide groups is 1. The van der Waals surface area contributed by atoms with Gasteiger partial charge in [-0.2, -0.15) is 0 Å². The van der Waals surface area contributed by atoms with E-state index < -0.39 is 0 Å². The standard InChI is InChI=1S/C13H16N4O3/c18-12-15-6-8-17(12)13(19)16-7-4-10(9-16)20-11-3-1-2-5-14-11/h1-3,5,10H,4,6-9H2,(H,15,18). The summed E-state index contributed by atoms with van der Waals surface area (Å²) in [7, 11) is 0. The molecule has 0 aliphatic carbocycles. The quantitative estimate of drug-likeness (QED) is 0.862. The van der Waals surface area contributed by atoms with Crippen molar-refractivity contribution in [1.29, 1.82) is 0 Å². The highest BCUT2D eigenvalue weighted by Crippen LogP contribution is 2.18. The Morgan fingerprint density at radius 1 is 1.40 bits per heavy atom. The zero-order valence-corrected chi connectivity index (χ0v) is 11.0. The van der Waals surface area contributed by atoms with Crippen molar-refractivity contribution in [3.8, 4) is 5.88 Å². The monoisotopic (exact) mass is 276 g/mol. The highest BCUT2D eigenvalue weighted by molar-refractivity contribution is 5.95. The Kier molecular flexibility index (Phi) is 3.41. The van der Waals surface area contributed by atoms with Gasteiger partial charge in [0.25, 0.3) is 0 Å². The zero-order valence-electron chi connectivity index (χ0n) is 11.0. The van der Waals surface area contributed by atoms with Gasteiger partial charge < -0.3 is 15.0 Å². The van der Waals surface area contributed by atoms with Crippen molar-refractivity contribution >= 4 is 12.1 Å². The predicted octanol–water partition coefficient (Wildman–Crippen LogP) is 0.680. The molecule has 1 aromatic rings. The van der Waals surface area contributed by atoms with Gasteiger partial charge in [0.2, 0.25) is 5.88 Å². The van der Waals surface area contributed by atoms with E-state index >= 15 is 0 Å². The van der Waals surface area contributed by atoms with Gasteiger partial charge in [-0.05, 0) is 6.07 Å². The molecule has 1 unspecified atom stereocenters. The van der Waals surface area contributed by atoms with E-state index in [1.807, 2.05) is 12.1 Å². The molecule has 2 aliphatic heterocycles. The van der Waals surface area contributed by atoms with Gasteiger partial charge in [-0.1, -0.05) is 6.07 Å². The van der Waals surface area contributed by atoms with Crippen molar-refractivity contribution in [2.45, 2.75) is 12.5 Å². The third-order valence-corrected chi connectivity index (χ3v) is 3.43. The van der Waals surface area contributed by atoms with E-state index in [0.29, 0.717) is 32.1 Å². The molecule has 1 aromatic heterocycles. The molecule has 20 heavy (non-hydrogen) atoms. The van der Waals surface area contributed by atoms with Crippen LogP contribution in [0.2, 0.25) is 0 Å². The van der Waals surface area contributed by atoms with Gasteiger partial charge in [0.1, 0.15) is 6.10 Å². The van der Waals surface area contributed by atoms with Crippen molar-refractivity contribution in [2.24, 2.45) is 0 Å². The number of likely N-dealkylation sites (tertiary alicyclic amines) is 1. The number of nitrogens with one attached hydrogen (secondary N) is 1. The van der Waals surface area contributed by atoms with E-state index in [9.17, 15) is 9.59 Å². The Labute approximate surface area is 116 Å². The van der Waals surface area contributed by atoms with Crippen molar-refractivity contribution in [3.63, 3.8) is 0 Å². The number of urea groups is 2. The Morgan fingerprint density at radius 2 is 2.30 bits per heavy atom. The first-order valence-corrected chi connectivity index (χ1v) is 6.66. The Balaban J connectivity index is 1.57. The van der Waals surface area contributed by atoms with Crippen LogP contribution in [0.1, 0.15) is 6.42 Å². The van der Waals surface area contributed by atoms with Gasteiger partial charge in [0.15, 0.2) is 0 Å². The van der Waals surface area contributed by atoms with Crippen LogP contribution in [-0.2, 0) is 0 Å². The number of amides is 4. The van der Waals surface area contributed by atoms with Crippen molar-refractivity contribution in [3.05, 3.63) is 24.4 Å². The number of hydrogen-bond donors (Lipinski definition) is 1. The molecule has 2 saturated heterocycles. The number of nitrogens with zero attached hydrogens (tertiary/aromatic N) is 3. The second-order valence-corrected chi connectivity index (χ2v) is 4.81. The zero-order chi connectivity index (χ0) is 13.9. The summed E-state index contributed by atoms with van der Waals surface area (Å²) in [5.74, 6) is 0.561. The average molecular weight is 276 g/mol. The predicted molar refractivity (Wildman–Crippen MR) is 70.3 cm³/mol. The maximum Gasteiger partial charge on any atom is 0.328 e. The minimum atomic E-state index is -0.316. The van der Waals surface area contributed by atoms with Crippen LogP contribution in [0.3, 0.4) is 0 Å². The van der Waals surface area contributed by atoms with Crippen LogP contribution in [-0.4, -0.2) is 59.1 Å². The van der Waals surface area contributed by atoms with Crippen LogP contribution in [0.4, 0.5) is 9.59 Å². The molecule has 7 nitrogen and oxygen atoms in total. The third kappa shape index (κ3) is 2.52. The maximum absolute atomic E-state index is 12.2. The molecule has 0 bridgehead atoms. The van der Waals surface area contributed by atoms with E-state index in [1.165, 1.54) is 4.90 Å². The first kappa shape index (κ1) is 12.7. The minimum absolute atomic E-state index is 0.0699. The molecule has 0 aromatic carbocycles. The summed E-state index contributed by atoms with van der Waals surface area (Å²) in [5.41, 5.74) is 0. The van der Waals surface area contributed by atoms with Crippen LogP contribution >= 0.6 is 0 Å². The van der Waals surface area contributed by atoms with E-state index in [-0.39, 0.29) is 18.2 Å². The van der Waals surface area contributed by atoms with Crippen LogP contribution < -0.4 is 10.1 Å². The number of carbonyl (C=O) groups is 2. The van der Waals surface area contributed by atoms with Crippen molar-refractivity contribution in [2.75, 3.05) is 26.2 Å². The van der Waals surface area contributed by atoms with Crippen LogP contribution in [0.15, 0.2) is 24.4 Å². The minimum Gasteiger partial charge on any atom is -0.472 e. The first-order chi connectivity index (χ1) is 9.74. The Hall–Kier alpha value is -2.31. The molecule has 0 saturated carbocycles. The fourth-order valence-electron chi connectivity index (χ4n) is 2.41. The van der Waals surface area contributed by atoms with E-state index in [4.69, 9.17) is 4.74 Å². The van der Waals surface area contributed by atoms with Crippen molar-refractivity contribution in [1.82, 2.24) is 20.1 Å². The molecule has 3 heterocycles. The smallest absolute Gasteiger partial charge is 0.328 e. The lowest BCUT2D eigenvalue weighted by Gasteiger charge is -2.21. The fraction of sp³-hybridized carbons (Fsp3) is 0.462. The molecule has 0 spiro atoms. The summed E-state index contributed by atoms with van der Waals surface area (Å²) in [6.07, 6.45) is 2.35. The highest BCUT2D eigenvalue weighted by Gasteiger charge is 2.34. The fourth-order valence-corrected chi connectivity index (χ4v) is 2.41. The van der Waals surface area contributed by atoms with Gasteiger partial charge in [-0.15, -0.1) is 0 Å². The topological polar surface area (TPSA) is 74.8 Å². The molecule has 4 amide bonds. The van der Waals surface area contributed by atoms with Gasteiger partial charge in [0, 0.05) is 38.3 Å². The highest BCUT2D eigenvalue weighted by atomic mass is 16.5. The number of ether oxygens (including phenoxy) is 1. The summed E-state index contributed by atoms with van der Waals surface area (Å²) in [4.78, 5) is 30.6. The van der Waals surface area contributed by atoms with Crippen LogP contribution in [0.5, 0.6) is 5.88 Å². The summed E-state index contributed by atoms with van der Waals surface area (Å²) in [6.45, 7) is 2.03. The second-order valence-electron chi connectivity index (χ2n) is 4.81. The normalized spacial score (nSPS) is 22.0. The summed E-state index contributed by atoms with van der Waals surface area (Å²) < 4.78 is 5.72. The summed E-state index contributed by atoms with van der Waals surface area (Å²) in [6, 6.07) is 4.91. The summed E-state index contributed by atoms with van der Waals surface area (Å²) >= 11 is 0.